The molecular formula is C19H21NO2. The number of nitrogens with zero attached hydrogens (tertiary/aromatic N) is 1. The monoisotopic (exact) mass is 295 g/mol. The van der Waals surface area contributed by atoms with Crippen LogP contribution in [0.5, 0.6) is 11.5 Å². The lowest BCUT2D eigenvalue weighted by molar-refractivity contribution is 0.174. The van der Waals surface area contributed by atoms with E-state index in [2.05, 4.69) is 47.4 Å². The summed E-state index contributed by atoms with van der Waals surface area (Å²) >= 11 is 0. The molecule has 2 aliphatic rings. The largest absolute Gasteiger partial charge is 0.454 e. The van der Waals surface area contributed by atoms with Crippen molar-refractivity contribution in [3.63, 3.8) is 0 Å². The van der Waals surface area contributed by atoms with Crippen molar-refractivity contribution in [2.75, 3.05) is 19.9 Å². The molecule has 2 heterocycles. The van der Waals surface area contributed by atoms with Crippen LogP contribution in [0, 0.1) is 0 Å². The van der Waals surface area contributed by atoms with Gasteiger partial charge in [0.2, 0.25) is 6.79 Å². The van der Waals surface area contributed by atoms with Crippen molar-refractivity contribution in [2.45, 2.75) is 25.8 Å². The fourth-order valence-corrected chi connectivity index (χ4v) is 3.35. The van der Waals surface area contributed by atoms with Gasteiger partial charge in [-0.2, -0.15) is 0 Å². The number of ether oxygens (including phenoxy) is 2. The molecule has 22 heavy (non-hydrogen) atoms. The lowest BCUT2D eigenvalue weighted by Gasteiger charge is -2.28. The normalized spacial score (nSPS) is 16.5. The van der Waals surface area contributed by atoms with E-state index in [1.54, 1.807) is 0 Å². The molecule has 0 fully saturated rings. The molecule has 0 amide bonds. The van der Waals surface area contributed by atoms with E-state index in [1.165, 1.54) is 23.1 Å². The van der Waals surface area contributed by atoms with Gasteiger partial charge >= 0.3 is 0 Å². The first kappa shape index (κ1) is 13.6. The van der Waals surface area contributed by atoms with Gasteiger partial charge in [0.15, 0.2) is 11.5 Å². The number of rotatable bonds is 4. The predicted octanol–water partition coefficient (Wildman–Crippen LogP) is 3.41. The molecule has 0 saturated carbocycles. The van der Waals surface area contributed by atoms with Crippen LogP contribution in [0.15, 0.2) is 42.5 Å². The van der Waals surface area contributed by atoms with Gasteiger partial charge in [0.25, 0.3) is 0 Å². The fourth-order valence-electron chi connectivity index (χ4n) is 3.35. The molecule has 4 rings (SSSR count). The maximum atomic E-state index is 5.50. The minimum Gasteiger partial charge on any atom is -0.454 e. The summed E-state index contributed by atoms with van der Waals surface area (Å²) in [6.07, 6.45) is 3.48. The zero-order valence-corrected chi connectivity index (χ0v) is 12.8. The van der Waals surface area contributed by atoms with Gasteiger partial charge in [0.05, 0.1) is 0 Å². The van der Waals surface area contributed by atoms with E-state index in [1.807, 2.05) is 0 Å². The second-order valence-corrected chi connectivity index (χ2v) is 6.09. The van der Waals surface area contributed by atoms with Crippen LogP contribution in [0.4, 0.5) is 0 Å². The Morgan fingerprint density at radius 2 is 1.73 bits per heavy atom. The Morgan fingerprint density at radius 3 is 2.55 bits per heavy atom. The highest BCUT2D eigenvalue weighted by Gasteiger charge is 2.21. The molecule has 0 spiro atoms. The molecule has 0 radical (unpaired) electrons. The summed E-state index contributed by atoms with van der Waals surface area (Å²) in [4.78, 5) is 2.55. The summed E-state index contributed by atoms with van der Waals surface area (Å²) in [5.74, 6) is 1.82. The van der Waals surface area contributed by atoms with Gasteiger partial charge in [-0.3, -0.25) is 4.90 Å². The standard InChI is InChI=1S/C19H21NO2/c1-2-5-15(6-3-1)7-4-9-20-10-8-16-11-18-19(22-14-21-18)12-17(16)13-20/h1-3,5-6,11-12H,4,7-10,13-14H2. The Labute approximate surface area is 131 Å². The first-order chi connectivity index (χ1) is 10.9. The molecule has 0 unspecified atom stereocenters. The minimum atomic E-state index is 0.360. The number of benzene rings is 2. The van der Waals surface area contributed by atoms with Crippen LogP contribution in [-0.4, -0.2) is 24.8 Å². The average molecular weight is 295 g/mol. The van der Waals surface area contributed by atoms with Crippen molar-refractivity contribution in [3.8, 4) is 11.5 Å². The maximum Gasteiger partial charge on any atom is 0.231 e. The van der Waals surface area contributed by atoms with Crippen LogP contribution in [0.25, 0.3) is 0 Å². The third kappa shape index (κ3) is 2.81. The molecule has 0 N–H and O–H groups in total. The lowest BCUT2D eigenvalue weighted by Crippen LogP contribution is -2.31. The molecule has 3 heteroatoms. The highest BCUT2D eigenvalue weighted by atomic mass is 16.7. The number of hydrogen-bond donors (Lipinski definition) is 0. The summed E-state index contributed by atoms with van der Waals surface area (Å²) in [5.41, 5.74) is 4.25. The van der Waals surface area contributed by atoms with Gasteiger partial charge in [-0.1, -0.05) is 30.3 Å². The number of fused-ring (bicyclic) bond motifs is 2. The smallest absolute Gasteiger partial charge is 0.231 e. The van der Waals surface area contributed by atoms with Gasteiger partial charge < -0.3 is 9.47 Å². The zero-order chi connectivity index (χ0) is 14.8. The van der Waals surface area contributed by atoms with E-state index in [-0.39, 0.29) is 0 Å². The lowest BCUT2D eigenvalue weighted by atomic mass is 9.98. The predicted molar refractivity (Wildman–Crippen MR) is 86.3 cm³/mol. The van der Waals surface area contributed by atoms with E-state index in [4.69, 9.17) is 9.47 Å². The number of hydrogen-bond acceptors (Lipinski definition) is 3. The van der Waals surface area contributed by atoms with E-state index in [0.717, 1.165) is 44.0 Å². The van der Waals surface area contributed by atoms with Crippen LogP contribution in [0.1, 0.15) is 23.1 Å². The van der Waals surface area contributed by atoms with E-state index < -0.39 is 0 Å². The SMILES string of the molecule is c1ccc(CCCN2CCc3cc4c(cc3C2)OCO4)cc1. The molecule has 0 saturated heterocycles. The summed E-state index contributed by atoms with van der Waals surface area (Å²) in [5, 5.41) is 0. The molecule has 2 aliphatic heterocycles. The topological polar surface area (TPSA) is 21.7 Å². The minimum absolute atomic E-state index is 0.360. The zero-order valence-electron chi connectivity index (χ0n) is 12.8. The van der Waals surface area contributed by atoms with Gasteiger partial charge in [-0.15, -0.1) is 0 Å². The summed E-state index contributed by atoms with van der Waals surface area (Å²) in [7, 11) is 0. The Kier molecular flexibility index (Phi) is 3.73. The third-order valence-corrected chi connectivity index (χ3v) is 4.57. The third-order valence-electron chi connectivity index (χ3n) is 4.57. The van der Waals surface area contributed by atoms with E-state index in [9.17, 15) is 0 Å². The first-order valence-electron chi connectivity index (χ1n) is 8.06. The Bertz CT molecular complexity index is 654. The Morgan fingerprint density at radius 1 is 0.955 bits per heavy atom. The molecule has 0 aromatic heterocycles. The molecule has 114 valence electrons. The van der Waals surface area contributed by atoms with Crippen molar-refractivity contribution in [1.82, 2.24) is 4.90 Å². The highest BCUT2D eigenvalue weighted by molar-refractivity contribution is 5.49. The van der Waals surface area contributed by atoms with Crippen molar-refractivity contribution in [2.24, 2.45) is 0 Å². The molecule has 3 nitrogen and oxygen atoms in total. The van der Waals surface area contributed by atoms with Crippen molar-refractivity contribution >= 4 is 0 Å². The average Bonchev–Trinajstić information content (AvgIpc) is 3.01. The molecule has 0 aliphatic carbocycles. The molecule has 2 aromatic rings. The molecule has 0 atom stereocenters. The van der Waals surface area contributed by atoms with E-state index >= 15 is 0 Å². The Hall–Kier alpha value is -2.00. The molecule has 2 aromatic carbocycles. The van der Waals surface area contributed by atoms with Crippen molar-refractivity contribution in [3.05, 3.63) is 59.2 Å². The summed E-state index contributed by atoms with van der Waals surface area (Å²) < 4.78 is 11.0. The van der Waals surface area contributed by atoms with Gasteiger partial charge in [-0.25, -0.2) is 0 Å². The van der Waals surface area contributed by atoms with Crippen molar-refractivity contribution < 1.29 is 9.47 Å². The van der Waals surface area contributed by atoms with E-state index in [0.29, 0.717) is 6.79 Å². The fraction of sp³-hybridized carbons (Fsp3) is 0.368. The second kappa shape index (κ2) is 6.01. The number of aryl methyl sites for hydroxylation is 1. The van der Waals surface area contributed by atoms with Crippen LogP contribution in [0.3, 0.4) is 0 Å². The highest BCUT2D eigenvalue weighted by Crippen LogP contribution is 2.36. The van der Waals surface area contributed by atoms with Crippen LogP contribution >= 0.6 is 0 Å². The summed E-state index contributed by atoms with van der Waals surface area (Å²) in [6, 6.07) is 15.1. The van der Waals surface area contributed by atoms with Gasteiger partial charge in [0, 0.05) is 13.1 Å². The maximum absolute atomic E-state index is 5.50. The quantitative estimate of drug-likeness (QED) is 0.863. The second-order valence-electron chi connectivity index (χ2n) is 6.09. The molecular weight excluding hydrogens is 274 g/mol. The van der Waals surface area contributed by atoms with Crippen LogP contribution in [-0.2, 0) is 19.4 Å². The summed E-state index contributed by atoms with van der Waals surface area (Å²) in [6.45, 7) is 3.68. The van der Waals surface area contributed by atoms with Gasteiger partial charge in [0.1, 0.15) is 0 Å². The van der Waals surface area contributed by atoms with Gasteiger partial charge in [-0.05, 0) is 54.6 Å². The van der Waals surface area contributed by atoms with Crippen LogP contribution < -0.4 is 9.47 Å². The molecule has 0 bridgehead atoms. The van der Waals surface area contributed by atoms with Crippen LogP contribution in [0.2, 0.25) is 0 Å². The Balaban J connectivity index is 1.36. The van der Waals surface area contributed by atoms with Crippen molar-refractivity contribution in [1.29, 1.82) is 0 Å². The first-order valence-corrected chi connectivity index (χ1v) is 8.06.